The van der Waals surface area contributed by atoms with Gasteiger partial charge in [-0.25, -0.2) is 0 Å². The second-order valence-electron chi connectivity index (χ2n) is 11.0. The van der Waals surface area contributed by atoms with Gasteiger partial charge in [0.1, 0.15) is 18.3 Å². The van der Waals surface area contributed by atoms with Crippen LogP contribution in [0.2, 0.25) is 0 Å². The molecule has 0 N–H and O–H groups in total. The molecule has 1 heterocycles. The lowest BCUT2D eigenvalue weighted by Crippen LogP contribution is -2.62. The summed E-state index contributed by atoms with van der Waals surface area (Å²) in [6, 6.07) is 34.9. The first-order valence-corrected chi connectivity index (χ1v) is 16.4. The summed E-state index contributed by atoms with van der Waals surface area (Å²) in [5.74, 6) is -0.680. The fourth-order valence-corrected chi connectivity index (χ4v) is 6.15. The average molecular weight is 647 g/mol. The molecule has 0 aromatic heterocycles. The van der Waals surface area contributed by atoms with E-state index in [1.54, 1.807) is 12.1 Å². The minimum Gasteiger partial charge on any atom is -0.433 e. The predicted octanol–water partition coefficient (Wildman–Crippen LogP) is 5.74. The molecule has 4 aromatic carbocycles. The van der Waals surface area contributed by atoms with Crippen LogP contribution in [0.25, 0.3) is 0 Å². The number of benzene rings is 4. The molecule has 46 heavy (non-hydrogen) atoms. The molecule has 5 rings (SSSR count). The first kappa shape index (κ1) is 33.5. The van der Waals surface area contributed by atoms with Crippen molar-refractivity contribution in [2.75, 3.05) is 6.61 Å². The van der Waals surface area contributed by atoms with Gasteiger partial charge in [0.2, 0.25) is 6.29 Å². The van der Waals surface area contributed by atoms with Gasteiger partial charge in [0, 0.05) is 6.92 Å². The third-order valence-electron chi connectivity index (χ3n) is 7.38. The average Bonchev–Trinajstić information content (AvgIpc) is 3.06. The molecule has 0 radical (unpaired) electrons. The highest BCUT2D eigenvalue weighted by Gasteiger charge is 2.52. The Kier molecular flexibility index (Phi) is 11.7. The van der Waals surface area contributed by atoms with E-state index in [-0.39, 0.29) is 24.7 Å². The number of ether oxygens (including phenoxy) is 5. The molecule has 0 spiro atoms. The number of hydrogen-bond donors (Lipinski definition) is 0. The fraction of sp³-hybridized carbons (Fsp3) is 0.306. The molecule has 9 nitrogen and oxygen atoms in total. The number of esters is 1. The van der Waals surface area contributed by atoms with E-state index < -0.39 is 46.8 Å². The van der Waals surface area contributed by atoms with Gasteiger partial charge in [0.25, 0.3) is 10.1 Å². The lowest BCUT2D eigenvalue weighted by Gasteiger charge is -2.44. The maximum absolute atomic E-state index is 13.6. The number of carbonyl (C=O) groups is 1. The van der Waals surface area contributed by atoms with Crippen LogP contribution in [0.1, 0.15) is 29.2 Å². The van der Waals surface area contributed by atoms with Crippen LogP contribution in [0, 0.1) is 6.92 Å². The fourth-order valence-electron chi connectivity index (χ4n) is 5.07. The summed E-state index contributed by atoms with van der Waals surface area (Å²) < 4.78 is 63.9. The zero-order valence-corrected chi connectivity index (χ0v) is 26.6. The molecule has 0 bridgehead atoms. The van der Waals surface area contributed by atoms with Crippen LogP contribution < -0.4 is 0 Å². The van der Waals surface area contributed by atoms with E-state index in [0.29, 0.717) is 6.61 Å². The molecule has 1 aliphatic heterocycles. The molecule has 0 aliphatic carbocycles. The lowest BCUT2D eigenvalue weighted by molar-refractivity contribution is -0.305. The Morgan fingerprint density at radius 3 is 1.70 bits per heavy atom. The largest absolute Gasteiger partial charge is 0.433 e. The summed E-state index contributed by atoms with van der Waals surface area (Å²) in [6.07, 6.45) is -5.62. The summed E-state index contributed by atoms with van der Waals surface area (Å²) in [6.45, 7) is 3.67. The monoisotopic (exact) mass is 646 g/mol. The van der Waals surface area contributed by atoms with Crippen molar-refractivity contribution >= 4 is 16.1 Å². The van der Waals surface area contributed by atoms with Crippen molar-refractivity contribution in [1.82, 2.24) is 0 Å². The van der Waals surface area contributed by atoms with Gasteiger partial charge in [0.15, 0.2) is 6.10 Å². The molecule has 10 heteroatoms. The minimum atomic E-state index is -4.36. The minimum absolute atomic E-state index is 0.0365. The molecular weight excluding hydrogens is 608 g/mol. The van der Waals surface area contributed by atoms with Crippen LogP contribution in [0.3, 0.4) is 0 Å². The van der Waals surface area contributed by atoms with E-state index in [9.17, 15) is 13.2 Å². The normalized spacial score (nSPS) is 21.5. The topological polar surface area (TPSA) is 107 Å². The lowest BCUT2D eigenvalue weighted by atomic mass is 9.98. The Morgan fingerprint density at radius 2 is 1.17 bits per heavy atom. The molecule has 0 amide bonds. The van der Waals surface area contributed by atoms with Crippen LogP contribution in [0.4, 0.5) is 0 Å². The molecule has 1 unspecified atom stereocenters. The molecule has 0 saturated carbocycles. The SMILES string of the molecule is CC(=O)OC1O[C@H](COCc2ccccc2)[C@@H](OCc2ccccc2)[C@H](OCc2ccccc2)[C@H]1OS(=O)(=O)c1ccc(C)cc1. The van der Waals surface area contributed by atoms with Gasteiger partial charge in [-0.3, -0.25) is 8.98 Å². The summed E-state index contributed by atoms with van der Waals surface area (Å²) in [5, 5.41) is 0. The number of rotatable bonds is 14. The van der Waals surface area contributed by atoms with Crippen LogP contribution in [-0.4, -0.2) is 51.7 Å². The maximum atomic E-state index is 13.6. The molecule has 5 atom stereocenters. The summed E-state index contributed by atoms with van der Waals surface area (Å²) in [7, 11) is -4.36. The van der Waals surface area contributed by atoms with Crippen LogP contribution in [-0.2, 0) is 62.6 Å². The quantitative estimate of drug-likeness (QED) is 0.125. The highest BCUT2D eigenvalue weighted by atomic mass is 32.2. The molecule has 1 saturated heterocycles. The Balaban J connectivity index is 1.49. The van der Waals surface area contributed by atoms with Gasteiger partial charge in [-0.15, -0.1) is 0 Å². The van der Waals surface area contributed by atoms with Crippen molar-refractivity contribution in [2.45, 2.75) is 69.3 Å². The van der Waals surface area contributed by atoms with Gasteiger partial charge in [-0.2, -0.15) is 8.42 Å². The predicted molar refractivity (Wildman–Crippen MR) is 170 cm³/mol. The highest BCUT2D eigenvalue weighted by Crippen LogP contribution is 2.33. The van der Waals surface area contributed by atoms with Crippen molar-refractivity contribution in [3.8, 4) is 0 Å². The Labute approximate surface area is 270 Å². The number of hydrogen-bond acceptors (Lipinski definition) is 9. The molecular formula is C36H38O9S. The Morgan fingerprint density at radius 1 is 0.674 bits per heavy atom. The first-order valence-electron chi connectivity index (χ1n) is 15.0. The van der Waals surface area contributed by atoms with Gasteiger partial charge >= 0.3 is 5.97 Å². The van der Waals surface area contributed by atoms with Gasteiger partial charge in [-0.1, -0.05) is 109 Å². The first-order chi connectivity index (χ1) is 22.3. The van der Waals surface area contributed by atoms with Gasteiger partial charge in [0.05, 0.1) is 31.3 Å². The van der Waals surface area contributed by atoms with Gasteiger partial charge in [-0.05, 0) is 35.7 Å². The second-order valence-corrected chi connectivity index (χ2v) is 12.6. The van der Waals surface area contributed by atoms with Crippen LogP contribution in [0.5, 0.6) is 0 Å². The molecule has 1 aliphatic rings. The number of aryl methyl sites for hydroxylation is 1. The standard InChI is InChI=1S/C36H38O9S/c1-26-18-20-31(21-19-26)46(38,39)45-35-34(42-24-30-16-10-5-11-17-30)33(41-23-29-14-8-4-9-15-29)32(44-36(35)43-27(2)37)25-40-22-28-12-6-3-7-13-28/h3-21,32-36H,22-25H2,1-2H3/t32-,33-,34+,35-,36?/m1/s1. The smallest absolute Gasteiger partial charge is 0.305 e. The van der Waals surface area contributed by atoms with E-state index in [4.69, 9.17) is 27.9 Å². The van der Waals surface area contributed by atoms with Crippen LogP contribution in [0.15, 0.2) is 120 Å². The van der Waals surface area contributed by atoms with Crippen molar-refractivity contribution in [1.29, 1.82) is 0 Å². The van der Waals surface area contributed by atoms with E-state index in [1.807, 2.05) is 97.9 Å². The second kappa shape index (κ2) is 16.1. The summed E-state index contributed by atoms with van der Waals surface area (Å²) >= 11 is 0. The highest BCUT2D eigenvalue weighted by molar-refractivity contribution is 7.86. The van der Waals surface area contributed by atoms with E-state index in [2.05, 4.69) is 0 Å². The van der Waals surface area contributed by atoms with Crippen LogP contribution >= 0.6 is 0 Å². The maximum Gasteiger partial charge on any atom is 0.305 e. The van der Waals surface area contributed by atoms with Gasteiger partial charge < -0.3 is 23.7 Å². The van der Waals surface area contributed by atoms with Crippen molar-refractivity contribution in [3.05, 3.63) is 138 Å². The number of carbonyl (C=O) groups excluding carboxylic acids is 1. The van der Waals surface area contributed by atoms with Crippen molar-refractivity contribution in [3.63, 3.8) is 0 Å². The Hall–Kier alpha value is -3.90. The molecule has 1 fully saturated rings. The van der Waals surface area contributed by atoms with E-state index >= 15 is 0 Å². The Bertz CT molecular complexity index is 1610. The van der Waals surface area contributed by atoms with Crippen molar-refractivity contribution in [2.24, 2.45) is 0 Å². The third-order valence-corrected chi connectivity index (χ3v) is 8.71. The van der Waals surface area contributed by atoms with E-state index in [0.717, 1.165) is 22.3 Å². The van der Waals surface area contributed by atoms with Crippen molar-refractivity contribution < 1.29 is 41.1 Å². The third kappa shape index (κ3) is 9.32. The summed E-state index contributed by atoms with van der Waals surface area (Å²) in [5.41, 5.74) is 3.57. The molecule has 242 valence electrons. The zero-order chi connectivity index (χ0) is 32.4. The molecule has 4 aromatic rings. The van der Waals surface area contributed by atoms with E-state index in [1.165, 1.54) is 19.1 Å². The summed E-state index contributed by atoms with van der Waals surface area (Å²) in [4.78, 5) is 12.2. The zero-order valence-electron chi connectivity index (χ0n) is 25.8.